The largest absolute Gasteiger partial charge is 0.459 e. The van der Waals surface area contributed by atoms with Crippen molar-refractivity contribution in [1.82, 2.24) is 5.32 Å². The van der Waals surface area contributed by atoms with Gasteiger partial charge in [-0.2, -0.15) is 0 Å². The molecule has 0 saturated heterocycles. The van der Waals surface area contributed by atoms with Crippen molar-refractivity contribution < 1.29 is 18.8 Å². The lowest BCUT2D eigenvalue weighted by atomic mass is 10.1. The summed E-state index contributed by atoms with van der Waals surface area (Å²) in [6, 6.07) is 16.5. The molecule has 0 saturated carbocycles. The van der Waals surface area contributed by atoms with Gasteiger partial charge in [0, 0.05) is 17.8 Å². The Kier molecular flexibility index (Phi) is 6.64. The summed E-state index contributed by atoms with van der Waals surface area (Å²) in [5.74, 6) is -0.455. The Balaban J connectivity index is 1.66. The fourth-order valence-corrected chi connectivity index (χ4v) is 2.68. The third kappa shape index (κ3) is 5.35. The molecular weight excluding hydrogens is 382 g/mol. The number of hydrogen-bond acceptors (Lipinski definition) is 4. The molecule has 154 valence electrons. The summed E-state index contributed by atoms with van der Waals surface area (Å²) in [6.45, 7) is 4.57. The molecule has 0 bridgehead atoms. The molecule has 0 aliphatic rings. The van der Waals surface area contributed by atoms with E-state index in [1.165, 1.54) is 6.26 Å². The SMILES string of the molecule is CC(C)CNC(=O)c1ccccc1NC(=O)c1ccc(NC(=O)c2ccco2)cc1. The van der Waals surface area contributed by atoms with Gasteiger partial charge in [0.1, 0.15) is 0 Å². The van der Waals surface area contributed by atoms with Crippen LogP contribution < -0.4 is 16.0 Å². The summed E-state index contributed by atoms with van der Waals surface area (Å²) in [4.78, 5) is 37.1. The summed E-state index contributed by atoms with van der Waals surface area (Å²) >= 11 is 0. The molecule has 0 radical (unpaired) electrons. The van der Waals surface area contributed by atoms with Crippen LogP contribution >= 0.6 is 0 Å². The maximum absolute atomic E-state index is 12.6. The van der Waals surface area contributed by atoms with E-state index in [1.54, 1.807) is 60.7 Å². The highest BCUT2D eigenvalue weighted by Gasteiger charge is 2.15. The predicted molar refractivity (Wildman–Crippen MR) is 115 cm³/mol. The standard InChI is InChI=1S/C23H23N3O4/c1-15(2)14-24-22(28)18-6-3-4-7-19(18)26-21(27)16-9-11-17(12-10-16)25-23(29)20-8-5-13-30-20/h3-13,15H,14H2,1-2H3,(H,24,28)(H,25,29)(H,26,27). The van der Waals surface area contributed by atoms with Gasteiger partial charge in [0.25, 0.3) is 17.7 Å². The smallest absolute Gasteiger partial charge is 0.291 e. The average Bonchev–Trinajstić information content (AvgIpc) is 3.28. The Morgan fingerprint density at radius 3 is 2.23 bits per heavy atom. The van der Waals surface area contributed by atoms with E-state index in [2.05, 4.69) is 16.0 Å². The molecule has 3 aromatic rings. The van der Waals surface area contributed by atoms with Gasteiger partial charge in [-0.25, -0.2) is 0 Å². The fraction of sp³-hybridized carbons (Fsp3) is 0.174. The number of carbonyl (C=O) groups excluding carboxylic acids is 3. The molecule has 7 nitrogen and oxygen atoms in total. The van der Waals surface area contributed by atoms with Crippen molar-refractivity contribution in [2.45, 2.75) is 13.8 Å². The summed E-state index contributed by atoms with van der Waals surface area (Å²) in [7, 11) is 0. The summed E-state index contributed by atoms with van der Waals surface area (Å²) in [5.41, 5.74) is 1.75. The molecule has 3 N–H and O–H groups in total. The molecular formula is C23H23N3O4. The highest BCUT2D eigenvalue weighted by molar-refractivity contribution is 6.09. The quantitative estimate of drug-likeness (QED) is 0.549. The molecule has 1 aromatic heterocycles. The van der Waals surface area contributed by atoms with Gasteiger partial charge in [-0.3, -0.25) is 14.4 Å². The second-order valence-corrected chi connectivity index (χ2v) is 7.11. The summed E-state index contributed by atoms with van der Waals surface area (Å²) < 4.78 is 5.05. The molecule has 0 unspecified atom stereocenters. The van der Waals surface area contributed by atoms with Crippen LogP contribution in [0.25, 0.3) is 0 Å². The Hall–Kier alpha value is -3.87. The van der Waals surface area contributed by atoms with E-state index in [4.69, 9.17) is 4.42 Å². The van der Waals surface area contributed by atoms with Crippen LogP contribution in [0.2, 0.25) is 0 Å². The first-order valence-electron chi connectivity index (χ1n) is 9.57. The first kappa shape index (κ1) is 20.9. The van der Waals surface area contributed by atoms with Gasteiger partial charge in [-0.1, -0.05) is 26.0 Å². The van der Waals surface area contributed by atoms with Gasteiger partial charge in [0.2, 0.25) is 0 Å². The topological polar surface area (TPSA) is 100 Å². The van der Waals surface area contributed by atoms with Crippen molar-refractivity contribution in [3.63, 3.8) is 0 Å². The van der Waals surface area contributed by atoms with Crippen LogP contribution in [0, 0.1) is 5.92 Å². The van der Waals surface area contributed by atoms with Crippen molar-refractivity contribution in [1.29, 1.82) is 0 Å². The number of para-hydroxylation sites is 1. The second kappa shape index (κ2) is 9.56. The molecule has 3 rings (SSSR count). The highest BCUT2D eigenvalue weighted by Crippen LogP contribution is 2.18. The van der Waals surface area contributed by atoms with Crippen LogP contribution in [0.15, 0.2) is 71.3 Å². The molecule has 2 aromatic carbocycles. The average molecular weight is 405 g/mol. The molecule has 3 amide bonds. The van der Waals surface area contributed by atoms with Gasteiger partial charge < -0.3 is 20.4 Å². The van der Waals surface area contributed by atoms with E-state index in [9.17, 15) is 14.4 Å². The zero-order chi connectivity index (χ0) is 21.5. The Morgan fingerprint density at radius 1 is 0.833 bits per heavy atom. The van der Waals surface area contributed by atoms with E-state index in [1.807, 2.05) is 13.8 Å². The zero-order valence-corrected chi connectivity index (χ0v) is 16.8. The van der Waals surface area contributed by atoms with Gasteiger partial charge >= 0.3 is 0 Å². The first-order valence-corrected chi connectivity index (χ1v) is 9.57. The molecule has 0 spiro atoms. The zero-order valence-electron chi connectivity index (χ0n) is 16.8. The third-order valence-corrected chi connectivity index (χ3v) is 4.24. The Morgan fingerprint density at radius 2 is 1.57 bits per heavy atom. The van der Waals surface area contributed by atoms with Crippen molar-refractivity contribution in [3.8, 4) is 0 Å². The minimum absolute atomic E-state index is 0.198. The number of benzene rings is 2. The minimum atomic E-state index is -0.376. The predicted octanol–water partition coefficient (Wildman–Crippen LogP) is 4.17. The number of amides is 3. The Bertz CT molecular complexity index is 1020. The van der Waals surface area contributed by atoms with Gasteiger partial charge in [-0.15, -0.1) is 0 Å². The maximum Gasteiger partial charge on any atom is 0.291 e. The molecule has 7 heteroatoms. The van der Waals surface area contributed by atoms with E-state index < -0.39 is 0 Å². The van der Waals surface area contributed by atoms with E-state index in [0.717, 1.165) is 0 Å². The van der Waals surface area contributed by atoms with Crippen LogP contribution in [-0.2, 0) is 0 Å². The van der Waals surface area contributed by atoms with Crippen LogP contribution in [0.4, 0.5) is 11.4 Å². The van der Waals surface area contributed by atoms with Crippen LogP contribution in [0.1, 0.15) is 45.1 Å². The van der Waals surface area contributed by atoms with Crippen molar-refractivity contribution in [3.05, 3.63) is 83.8 Å². The van der Waals surface area contributed by atoms with Gasteiger partial charge in [0.15, 0.2) is 5.76 Å². The monoisotopic (exact) mass is 405 g/mol. The number of rotatable bonds is 7. The lowest BCUT2D eigenvalue weighted by molar-refractivity contribution is 0.0948. The van der Waals surface area contributed by atoms with Crippen LogP contribution in [-0.4, -0.2) is 24.3 Å². The second-order valence-electron chi connectivity index (χ2n) is 7.11. The minimum Gasteiger partial charge on any atom is -0.459 e. The molecule has 0 aliphatic carbocycles. The van der Waals surface area contributed by atoms with Crippen molar-refractivity contribution in [2.75, 3.05) is 17.2 Å². The van der Waals surface area contributed by atoms with Crippen molar-refractivity contribution >= 4 is 29.1 Å². The van der Waals surface area contributed by atoms with Crippen LogP contribution in [0.5, 0.6) is 0 Å². The van der Waals surface area contributed by atoms with Gasteiger partial charge in [-0.05, 0) is 54.4 Å². The third-order valence-electron chi connectivity index (χ3n) is 4.24. The van der Waals surface area contributed by atoms with Crippen LogP contribution in [0.3, 0.4) is 0 Å². The normalized spacial score (nSPS) is 10.5. The number of carbonyl (C=O) groups is 3. The van der Waals surface area contributed by atoms with Gasteiger partial charge in [0.05, 0.1) is 17.5 Å². The Labute approximate surface area is 174 Å². The molecule has 30 heavy (non-hydrogen) atoms. The molecule has 1 heterocycles. The number of nitrogens with one attached hydrogen (secondary N) is 3. The highest BCUT2D eigenvalue weighted by atomic mass is 16.3. The number of furan rings is 1. The van der Waals surface area contributed by atoms with Crippen molar-refractivity contribution in [2.24, 2.45) is 5.92 Å². The number of hydrogen-bond donors (Lipinski definition) is 3. The summed E-state index contributed by atoms with van der Waals surface area (Å²) in [5, 5.41) is 8.32. The lowest BCUT2D eigenvalue weighted by Crippen LogP contribution is -2.28. The molecule has 0 atom stereocenters. The lowest BCUT2D eigenvalue weighted by Gasteiger charge is -2.13. The molecule has 0 aliphatic heterocycles. The number of anilines is 2. The molecule has 0 fully saturated rings. The summed E-state index contributed by atoms with van der Waals surface area (Å²) in [6.07, 6.45) is 1.42. The van der Waals surface area contributed by atoms with E-state index in [0.29, 0.717) is 35.0 Å². The van der Waals surface area contributed by atoms with E-state index >= 15 is 0 Å². The first-order chi connectivity index (χ1) is 14.4. The van der Waals surface area contributed by atoms with E-state index in [-0.39, 0.29) is 23.5 Å². The fourth-order valence-electron chi connectivity index (χ4n) is 2.68. The maximum atomic E-state index is 12.6.